The van der Waals surface area contributed by atoms with Gasteiger partial charge in [-0.1, -0.05) is 0 Å². The molecule has 0 saturated carbocycles. The van der Waals surface area contributed by atoms with Gasteiger partial charge in [-0.05, 0) is 24.3 Å². The first-order valence-corrected chi connectivity index (χ1v) is 9.90. The van der Waals surface area contributed by atoms with Crippen LogP contribution in [0.3, 0.4) is 0 Å². The lowest BCUT2D eigenvalue weighted by Crippen LogP contribution is -2.46. The number of carboxylic acids is 2. The molecule has 0 aliphatic carbocycles. The first kappa shape index (κ1) is 24.1. The van der Waals surface area contributed by atoms with Crippen molar-refractivity contribution >= 4 is 40.6 Å². The highest BCUT2D eigenvalue weighted by Crippen LogP contribution is 2.16. The molecule has 1 amide bonds. The van der Waals surface area contributed by atoms with Crippen molar-refractivity contribution in [2.75, 3.05) is 17.7 Å². The number of hydrogen-bond donors (Lipinski definition) is 6. The molecular formula is C20H22N8O6. The molecule has 178 valence electrons. The summed E-state index contributed by atoms with van der Waals surface area (Å²) in [5.41, 5.74) is 11.9. The fourth-order valence-corrected chi connectivity index (χ4v) is 3.07. The SMILES string of the molecule is CN(Cc1cnc2nc(N)[nH]c(=O)c2n1)c1ccc(C(=O)N[C@H](CC(N)C(=O)O)C(=O)O)cc1. The predicted molar refractivity (Wildman–Crippen MR) is 120 cm³/mol. The van der Waals surface area contributed by atoms with Gasteiger partial charge >= 0.3 is 11.9 Å². The number of hydrogen-bond acceptors (Lipinski definition) is 10. The smallest absolute Gasteiger partial charge is 0.326 e. The van der Waals surface area contributed by atoms with E-state index in [-0.39, 0.29) is 29.2 Å². The van der Waals surface area contributed by atoms with Crippen LogP contribution in [0.15, 0.2) is 35.3 Å². The van der Waals surface area contributed by atoms with Crippen LogP contribution < -0.4 is 27.2 Å². The summed E-state index contributed by atoms with van der Waals surface area (Å²) >= 11 is 0. The van der Waals surface area contributed by atoms with Crippen LogP contribution in [0.5, 0.6) is 0 Å². The molecule has 2 atom stereocenters. The summed E-state index contributed by atoms with van der Waals surface area (Å²) in [6.45, 7) is 0.284. The summed E-state index contributed by atoms with van der Waals surface area (Å²) in [5, 5.41) is 20.4. The van der Waals surface area contributed by atoms with Gasteiger partial charge in [-0.15, -0.1) is 0 Å². The van der Waals surface area contributed by atoms with E-state index in [1.165, 1.54) is 18.3 Å². The average Bonchev–Trinajstić information content (AvgIpc) is 2.78. The lowest BCUT2D eigenvalue weighted by Gasteiger charge is -2.20. The molecular weight excluding hydrogens is 448 g/mol. The summed E-state index contributed by atoms with van der Waals surface area (Å²) < 4.78 is 0. The first-order chi connectivity index (χ1) is 16.0. The number of rotatable bonds is 9. The summed E-state index contributed by atoms with van der Waals surface area (Å²) in [6.07, 6.45) is 1.01. The van der Waals surface area contributed by atoms with E-state index in [9.17, 15) is 24.3 Å². The van der Waals surface area contributed by atoms with Crippen LogP contribution in [0.25, 0.3) is 11.2 Å². The van der Waals surface area contributed by atoms with Gasteiger partial charge in [-0.3, -0.25) is 19.4 Å². The van der Waals surface area contributed by atoms with E-state index in [0.717, 1.165) is 0 Å². The van der Waals surface area contributed by atoms with Gasteiger partial charge in [0.25, 0.3) is 11.5 Å². The van der Waals surface area contributed by atoms with Gasteiger partial charge in [0, 0.05) is 24.7 Å². The molecule has 0 bridgehead atoms. The van der Waals surface area contributed by atoms with E-state index >= 15 is 0 Å². The van der Waals surface area contributed by atoms with Gasteiger partial charge in [0.2, 0.25) is 5.95 Å². The second kappa shape index (κ2) is 9.91. The summed E-state index contributed by atoms with van der Waals surface area (Å²) in [7, 11) is 1.76. The van der Waals surface area contributed by atoms with Crippen molar-refractivity contribution in [3.8, 4) is 0 Å². The van der Waals surface area contributed by atoms with Gasteiger partial charge in [0.15, 0.2) is 11.2 Å². The zero-order chi connectivity index (χ0) is 25.0. The number of aromatic amines is 1. The number of H-pyrrole nitrogens is 1. The number of benzene rings is 1. The third-order valence-electron chi connectivity index (χ3n) is 4.87. The highest BCUT2D eigenvalue weighted by molar-refractivity contribution is 5.97. The molecule has 0 aliphatic heterocycles. The molecule has 3 rings (SSSR count). The lowest BCUT2D eigenvalue weighted by molar-refractivity contribution is -0.141. The van der Waals surface area contributed by atoms with E-state index < -0.39 is 41.9 Å². The summed E-state index contributed by atoms with van der Waals surface area (Å²) in [6, 6.07) is 3.36. The molecule has 0 fully saturated rings. The quantitative estimate of drug-likeness (QED) is 0.219. The Kier molecular flexibility index (Phi) is 7.01. The lowest BCUT2D eigenvalue weighted by atomic mass is 10.1. The first-order valence-electron chi connectivity index (χ1n) is 9.90. The summed E-state index contributed by atoms with van der Waals surface area (Å²) in [5.74, 6) is -3.51. The van der Waals surface area contributed by atoms with E-state index in [1.807, 2.05) is 0 Å². The number of nitrogens with zero attached hydrogens (tertiary/aromatic N) is 4. The Labute approximate surface area is 191 Å². The van der Waals surface area contributed by atoms with Crippen LogP contribution in [0.2, 0.25) is 0 Å². The summed E-state index contributed by atoms with van der Waals surface area (Å²) in [4.78, 5) is 63.1. The monoisotopic (exact) mass is 470 g/mol. The molecule has 0 saturated heterocycles. The van der Waals surface area contributed by atoms with Crippen molar-refractivity contribution in [2.24, 2.45) is 5.73 Å². The second-order valence-electron chi connectivity index (χ2n) is 7.43. The van der Waals surface area contributed by atoms with Crippen molar-refractivity contribution in [3.63, 3.8) is 0 Å². The number of anilines is 2. The van der Waals surface area contributed by atoms with Crippen LogP contribution in [0, 0.1) is 0 Å². The number of fused-ring (bicyclic) bond motifs is 1. The Morgan fingerprint density at radius 3 is 2.44 bits per heavy atom. The fraction of sp³-hybridized carbons (Fsp3) is 0.250. The highest BCUT2D eigenvalue weighted by Gasteiger charge is 2.26. The molecule has 2 heterocycles. The molecule has 8 N–H and O–H groups in total. The Bertz CT molecular complexity index is 1290. The van der Waals surface area contributed by atoms with Crippen LogP contribution >= 0.6 is 0 Å². The number of nitrogens with one attached hydrogen (secondary N) is 2. The minimum atomic E-state index is -1.46. The molecule has 14 nitrogen and oxygen atoms in total. The minimum absolute atomic E-state index is 0.0554. The van der Waals surface area contributed by atoms with Gasteiger partial charge in [-0.2, -0.15) is 4.98 Å². The number of carbonyl (C=O) groups excluding carboxylic acids is 1. The van der Waals surface area contributed by atoms with E-state index in [0.29, 0.717) is 11.4 Å². The van der Waals surface area contributed by atoms with E-state index in [1.54, 1.807) is 24.1 Å². The van der Waals surface area contributed by atoms with E-state index in [2.05, 4.69) is 25.3 Å². The molecule has 0 spiro atoms. The molecule has 1 aromatic carbocycles. The number of nitrogen functional groups attached to an aromatic ring is 1. The number of carbonyl (C=O) groups is 3. The molecule has 3 aromatic rings. The van der Waals surface area contributed by atoms with Gasteiger partial charge < -0.3 is 31.9 Å². The van der Waals surface area contributed by atoms with Crippen LogP contribution in [-0.2, 0) is 16.1 Å². The molecule has 0 aliphatic rings. The number of amides is 1. The van der Waals surface area contributed by atoms with Gasteiger partial charge in [0.05, 0.1) is 18.4 Å². The Morgan fingerprint density at radius 2 is 1.82 bits per heavy atom. The number of aliphatic carboxylic acids is 2. The van der Waals surface area contributed by atoms with Crippen LogP contribution in [-0.4, -0.2) is 67.1 Å². The fourth-order valence-electron chi connectivity index (χ4n) is 3.07. The van der Waals surface area contributed by atoms with Crippen LogP contribution in [0.1, 0.15) is 22.5 Å². The zero-order valence-electron chi connectivity index (χ0n) is 17.9. The van der Waals surface area contributed by atoms with Crippen molar-refractivity contribution in [1.82, 2.24) is 25.3 Å². The Hall–Kier alpha value is -4.59. The normalized spacial score (nSPS) is 12.6. The number of carboxylic acid groups (broad SMARTS) is 2. The van der Waals surface area contributed by atoms with Crippen molar-refractivity contribution < 1.29 is 24.6 Å². The Morgan fingerprint density at radius 1 is 1.15 bits per heavy atom. The molecule has 0 radical (unpaired) electrons. The van der Waals surface area contributed by atoms with Crippen molar-refractivity contribution in [3.05, 3.63) is 52.1 Å². The van der Waals surface area contributed by atoms with Gasteiger partial charge in [0.1, 0.15) is 12.1 Å². The minimum Gasteiger partial charge on any atom is -0.480 e. The molecule has 14 heteroatoms. The largest absolute Gasteiger partial charge is 0.480 e. The Balaban J connectivity index is 1.69. The maximum Gasteiger partial charge on any atom is 0.326 e. The third-order valence-corrected chi connectivity index (χ3v) is 4.87. The van der Waals surface area contributed by atoms with E-state index in [4.69, 9.17) is 16.6 Å². The number of aromatic nitrogens is 4. The van der Waals surface area contributed by atoms with Crippen molar-refractivity contribution in [2.45, 2.75) is 25.0 Å². The zero-order valence-corrected chi connectivity index (χ0v) is 17.9. The topological polar surface area (TPSA) is 231 Å². The third kappa shape index (κ3) is 5.60. The molecule has 2 aromatic heterocycles. The standard InChI is InChI=1S/C20H22N8O6/c1-28(8-10-7-23-15-14(24-10)17(30)27-20(22)26-15)11-4-2-9(3-5-11)16(29)25-13(19(33)34)6-12(21)18(31)32/h2-5,7,12-13H,6,8,21H2,1H3,(H,25,29)(H,31,32)(H,33,34)(H3,22,23,26,27,30)/t12?,13-/m1/s1. The van der Waals surface area contributed by atoms with Crippen molar-refractivity contribution in [1.29, 1.82) is 0 Å². The highest BCUT2D eigenvalue weighted by atomic mass is 16.4. The predicted octanol–water partition coefficient (Wildman–Crippen LogP) is -1.08. The van der Waals surface area contributed by atoms with Gasteiger partial charge in [-0.25, -0.2) is 14.8 Å². The molecule has 34 heavy (non-hydrogen) atoms. The molecule has 1 unspecified atom stereocenters. The van der Waals surface area contributed by atoms with Crippen LogP contribution in [0.4, 0.5) is 11.6 Å². The average molecular weight is 470 g/mol. The maximum absolute atomic E-state index is 12.4. The number of nitrogens with two attached hydrogens (primary N) is 2. The maximum atomic E-state index is 12.4. The second-order valence-corrected chi connectivity index (χ2v) is 7.43.